The largest absolute Gasteiger partial charge is 0.363 e. The summed E-state index contributed by atoms with van der Waals surface area (Å²) >= 11 is 0. The molecule has 0 bridgehead atoms. The van der Waals surface area contributed by atoms with Crippen LogP contribution in [0.25, 0.3) is 0 Å². The molecule has 7 aliphatic rings. The molecule has 30 heavy (non-hydrogen) atoms. The summed E-state index contributed by atoms with van der Waals surface area (Å²) in [4.78, 5) is 0. The van der Waals surface area contributed by atoms with Crippen LogP contribution in [0.4, 0.5) is 0 Å². The van der Waals surface area contributed by atoms with E-state index in [0.29, 0.717) is 40.8 Å². The minimum Gasteiger partial charge on any atom is -0.363 e. The first kappa shape index (κ1) is 19.4. The maximum absolute atomic E-state index is 6.95. The van der Waals surface area contributed by atoms with Crippen molar-refractivity contribution in [2.45, 2.75) is 110 Å². The topological polar surface area (TPSA) is 31.0 Å². The molecule has 4 aliphatic carbocycles. The Morgan fingerprint density at radius 2 is 1.73 bits per heavy atom. The fourth-order valence-electron chi connectivity index (χ4n) is 10.7. The highest BCUT2D eigenvalue weighted by Gasteiger charge is 2.74. The molecule has 1 spiro atoms. The van der Waals surface area contributed by atoms with E-state index in [-0.39, 0.29) is 6.10 Å². The first-order valence-corrected chi connectivity index (χ1v) is 13.4. The summed E-state index contributed by atoms with van der Waals surface area (Å²) in [5.74, 6) is 4.98. The van der Waals surface area contributed by atoms with Gasteiger partial charge < -0.3 is 14.2 Å². The zero-order valence-corrected chi connectivity index (χ0v) is 19.6. The maximum atomic E-state index is 6.95. The van der Waals surface area contributed by atoms with Crippen molar-refractivity contribution in [2.24, 2.45) is 52.3 Å². The number of ether oxygens (including phenoxy) is 3. The first-order valence-electron chi connectivity index (χ1n) is 13.4. The number of fused-ring (bicyclic) bond motifs is 9. The molecule has 3 heteroatoms. The molecular weight excluding hydrogens is 372 g/mol. The average molecular weight is 415 g/mol. The van der Waals surface area contributed by atoms with E-state index in [1.54, 1.807) is 0 Å². The van der Waals surface area contributed by atoms with Crippen molar-refractivity contribution in [3.63, 3.8) is 0 Å². The van der Waals surface area contributed by atoms with E-state index in [4.69, 9.17) is 14.2 Å². The SMILES string of the molecule is C[C@H]1CO[C@@]2(O[C@H]3C[C@H]4[C@@H]5CC[C@H]6CCCC[C@]6(C)[C@H]5CC[C@]4(C)[C@H]3[C@@H]2C)C2OC21. The van der Waals surface area contributed by atoms with E-state index in [9.17, 15) is 0 Å². The Morgan fingerprint density at radius 1 is 0.867 bits per heavy atom. The van der Waals surface area contributed by atoms with E-state index in [1.165, 1.54) is 57.8 Å². The van der Waals surface area contributed by atoms with Crippen LogP contribution in [-0.2, 0) is 14.2 Å². The Hall–Kier alpha value is -0.120. The Bertz CT molecular complexity index is 738. The van der Waals surface area contributed by atoms with Gasteiger partial charge in [0.15, 0.2) is 0 Å². The molecule has 4 saturated carbocycles. The lowest BCUT2D eigenvalue weighted by molar-refractivity contribution is -0.268. The molecule has 3 heterocycles. The Morgan fingerprint density at radius 3 is 2.60 bits per heavy atom. The summed E-state index contributed by atoms with van der Waals surface area (Å²) in [6.45, 7) is 10.9. The Kier molecular flexibility index (Phi) is 3.91. The maximum Gasteiger partial charge on any atom is 0.200 e. The second-order valence-electron chi connectivity index (χ2n) is 13.2. The van der Waals surface area contributed by atoms with Gasteiger partial charge in [-0.15, -0.1) is 0 Å². The summed E-state index contributed by atoms with van der Waals surface area (Å²) in [6, 6.07) is 0. The fourth-order valence-corrected chi connectivity index (χ4v) is 10.7. The van der Waals surface area contributed by atoms with Crippen molar-refractivity contribution in [3.8, 4) is 0 Å². The van der Waals surface area contributed by atoms with Crippen LogP contribution in [0.2, 0.25) is 0 Å². The van der Waals surface area contributed by atoms with Crippen LogP contribution in [0.1, 0.15) is 85.5 Å². The van der Waals surface area contributed by atoms with E-state index >= 15 is 0 Å². The van der Waals surface area contributed by atoms with Crippen LogP contribution >= 0.6 is 0 Å². The van der Waals surface area contributed by atoms with E-state index in [0.717, 1.165) is 30.3 Å². The van der Waals surface area contributed by atoms with Crippen LogP contribution in [0, 0.1) is 52.3 Å². The molecule has 0 aromatic rings. The number of epoxide rings is 1. The Labute approximate surface area is 183 Å². The minimum absolute atomic E-state index is 0.192. The van der Waals surface area contributed by atoms with Crippen molar-refractivity contribution in [1.82, 2.24) is 0 Å². The summed E-state index contributed by atoms with van der Waals surface area (Å²) in [5, 5.41) is 0. The zero-order chi connectivity index (χ0) is 20.5. The number of rotatable bonds is 0. The quantitative estimate of drug-likeness (QED) is 0.469. The van der Waals surface area contributed by atoms with E-state index in [1.807, 2.05) is 0 Å². The summed E-state index contributed by atoms with van der Waals surface area (Å²) in [7, 11) is 0. The van der Waals surface area contributed by atoms with Gasteiger partial charge in [-0.2, -0.15) is 0 Å². The molecule has 0 aromatic carbocycles. The highest BCUT2D eigenvalue weighted by molar-refractivity contribution is 5.18. The third-order valence-corrected chi connectivity index (χ3v) is 12.2. The molecular formula is C27H42O3. The highest BCUT2D eigenvalue weighted by Crippen LogP contribution is 2.72. The molecule has 0 aromatic heterocycles. The molecule has 168 valence electrons. The van der Waals surface area contributed by atoms with Crippen LogP contribution in [0.15, 0.2) is 0 Å². The van der Waals surface area contributed by atoms with Gasteiger partial charge in [-0.3, -0.25) is 0 Å². The number of hydrogen-bond acceptors (Lipinski definition) is 3. The second kappa shape index (κ2) is 6.06. The lowest BCUT2D eigenvalue weighted by Crippen LogP contribution is -2.55. The van der Waals surface area contributed by atoms with Crippen LogP contribution in [0.5, 0.6) is 0 Å². The molecule has 13 atom stereocenters. The number of hydrogen-bond donors (Lipinski definition) is 0. The van der Waals surface area contributed by atoms with Gasteiger partial charge in [0, 0.05) is 11.8 Å². The van der Waals surface area contributed by atoms with Gasteiger partial charge in [-0.25, -0.2) is 0 Å². The fraction of sp³-hybridized carbons (Fsp3) is 1.00. The van der Waals surface area contributed by atoms with Gasteiger partial charge >= 0.3 is 0 Å². The molecule has 3 nitrogen and oxygen atoms in total. The lowest BCUT2D eigenvalue weighted by Gasteiger charge is -2.61. The third kappa shape index (κ3) is 2.19. The van der Waals surface area contributed by atoms with Crippen LogP contribution in [0.3, 0.4) is 0 Å². The predicted molar refractivity (Wildman–Crippen MR) is 116 cm³/mol. The highest BCUT2D eigenvalue weighted by atomic mass is 16.8. The summed E-state index contributed by atoms with van der Waals surface area (Å²) < 4.78 is 19.6. The average Bonchev–Trinajstić information content (AvgIpc) is 3.42. The molecule has 0 amide bonds. The van der Waals surface area contributed by atoms with Crippen molar-refractivity contribution < 1.29 is 14.2 Å². The van der Waals surface area contributed by atoms with Crippen molar-refractivity contribution in [1.29, 1.82) is 0 Å². The van der Waals surface area contributed by atoms with Gasteiger partial charge in [0.05, 0.1) is 18.8 Å². The third-order valence-electron chi connectivity index (χ3n) is 12.2. The van der Waals surface area contributed by atoms with Gasteiger partial charge in [0.2, 0.25) is 5.79 Å². The van der Waals surface area contributed by atoms with Crippen molar-refractivity contribution >= 4 is 0 Å². The molecule has 7 fully saturated rings. The van der Waals surface area contributed by atoms with Gasteiger partial charge in [-0.05, 0) is 85.4 Å². The van der Waals surface area contributed by atoms with Gasteiger partial charge in [0.1, 0.15) is 6.10 Å². The van der Waals surface area contributed by atoms with Crippen LogP contribution in [-0.4, -0.2) is 30.7 Å². The predicted octanol–water partition coefficient (Wildman–Crippen LogP) is 5.81. The molecule has 0 N–H and O–H groups in total. The zero-order valence-electron chi connectivity index (χ0n) is 19.6. The second-order valence-corrected chi connectivity index (χ2v) is 13.2. The summed E-state index contributed by atoms with van der Waals surface area (Å²) in [6.07, 6.45) is 14.1. The molecule has 3 aliphatic heterocycles. The smallest absolute Gasteiger partial charge is 0.200 e. The van der Waals surface area contributed by atoms with Gasteiger partial charge in [0.25, 0.3) is 0 Å². The molecule has 2 unspecified atom stereocenters. The lowest BCUT2D eigenvalue weighted by atomic mass is 9.44. The monoisotopic (exact) mass is 414 g/mol. The molecule has 0 radical (unpaired) electrons. The van der Waals surface area contributed by atoms with Crippen molar-refractivity contribution in [3.05, 3.63) is 0 Å². The molecule has 7 rings (SSSR count). The summed E-state index contributed by atoms with van der Waals surface area (Å²) in [5.41, 5.74) is 1.06. The van der Waals surface area contributed by atoms with Crippen LogP contribution < -0.4 is 0 Å². The standard InChI is InChI=1S/C27H42O3/c1-15-14-28-27(24-23(15)29-24)16(2)22-21(30-27)13-20-18-9-8-17-7-5-6-11-25(17,3)19(18)10-12-26(20,22)4/h15-24H,5-14H2,1-4H3/t15-,16-,17+,18+,19-,20-,21-,22-,23?,24?,25-,26-,27-/m0/s1. The minimum atomic E-state index is -0.440. The van der Waals surface area contributed by atoms with Gasteiger partial charge in [-0.1, -0.05) is 40.5 Å². The normalized spacial score (nSPS) is 66.0. The first-order chi connectivity index (χ1) is 14.4. The molecule has 3 saturated heterocycles. The van der Waals surface area contributed by atoms with Crippen molar-refractivity contribution in [2.75, 3.05) is 6.61 Å². The van der Waals surface area contributed by atoms with E-state index < -0.39 is 5.79 Å². The Balaban J connectivity index is 1.18. The van der Waals surface area contributed by atoms with E-state index in [2.05, 4.69) is 27.7 Å².